The summed E-state index contributed by atoms with van der Waals surface area (Å²) in [5.41, 5.74) is 5.30. The summed E-state index contributed by atoms with van der Waals surface area (Å²) in [6, 6.07) is 0.161. The molecule has 0 spiro atoms. The molecule has 4 heteroatoms. The summed E-state index contributed by atoms with van der Waals surface area (Å²) in [6.07, 6.45) is -0.227. The highest BCUT2D eigenvalue weighted by molar-refractivity contribution is 5.69. The molecule has 1 aliphatic heterocycles. The van der Waals surface area contributed by atoms with Gasteiger partial charge < -0.3 is 15.4 Å². The third-order valence-corrected chi connectivity index (χ3v) is 2.31. The number of hydrogen-bond acceptors (Lipinski definition) is 3. The molecule has 0 bridgehead atoms. The van der Waals surface area contributed by atoms with Gasteiger partial charge in [0.05, 0.1) is 0 Å². The highest BCUT2D eigenvalue weighted by Gasteiger charge is 2.35. The maximum Gasteiger partial charge on any atom is 0.410 e. The second-order valence-corrected chi connectivity index (χ2v) is 5.00. The highest BCUT2D eigenvalue weighted by atomic mass is 16.6. The van der Waals surface area contributed by atoms with Gasteiger partial charge in [0.15, 0.2) is 0 Å². The predicted octanol–water partition coefficient (Wildman–Crippen LogP) is 1.20. The Morgan fingerprint density at radius 1 is 1.50 bits per heavy atom. The van der Waals surface area contributed by atoms with Crippen LogP contribution in [-0.2, 0) is 4.74 Å². The van der Waals surface area contributed by atoms with Crippen LogP contribution in [0.25, 0.3) is 0 Å². The van der Waals surface area contributed by atoms with E-state index in [9.17, 15) is 4.79 Å². The van der Waals surface area contributed by atoms with Crippen molar-refractivity contribution in [2.75, 3.05) is 13.1 Å². The van der Waals surface area contributed by atoms with Crippen molar-refractivity contribution in [3.63, 3.8) is 0 Å². The molecule has 4 nitrogen and oxygen atoms in total. The SMILES string of the molecule is CC(N)C1CN(C(=O)OC(C)(C)C)C1. The second kappa shape index (κ2) is 3.77. The minimum absolute atomic E-state index is 0.161. The smallest absolute Gasteiger partial charge is 0.410 e. The van der Waals surface area contributed by atoms with Gasteiger partial charge in [-0.05, 0) is 27.7 Å². The first kappa shape index (κ1) is 11.3. The van der Waals surface area contributed by atoms with Crippen LogP contribution in [0.3, 0.4) is 0 Å². The quantitative estimate of drug-likeness (QED) is 0.692. The van der Waals surface area contributed by atoms with E-state index in [1.54, 1.807) is 4.90 Å². The summed E-state index contributed by atoms with van der Waals surface area (Å²) in [6.45, 7) is 9.03. The summed E-state index contributed by atoms with van der Waals surface area (Å²) in [4.78, 5) is 13.2. The van der Waals surface area contributed by atoms with E-state index in [1.165, 1.54) is 0 Å². The average molecular weight is 200 g/mol. The number of nitrogens with zero attached hydrogens (tertiary/aromatic N) is 1. The van der Waals surface area contributed by atoms with Crippen molar-refractivity contribution >= 4 is 6.09 Å². The van der Waals surface area contributed by atoms with Gasteiger partial charge in [0.25, 0.3) is 0 Å². The van der Waals surface area contributed by atoms with Crippen LogP contribution in [0.2, 0.25) is 0 Å². The van der Waals surface area contributed by atoms with Gasteiger partial charge in [0, 0.05) is 25.0 Å². The van der Waals surface area contributed by atoms with Crippen molar-refractivity contribution in [2.24, 2.45) is 11.7 Å². The number of carbonyl (C=O) groups is 1. The number of likely N-dealkylation sites (tertiary alicyclic amines) is 1. The molecule has 2 N–H and O–H groups in total. The Bertz CT molecular complexity index is 215. The van der Waals surface area contributed by atoms with Gasteiger partial charge >= 0.3 is 6.09 Å². The normalized spacial score (nSPS) is 20.2. The molecule has 1 amide bonds. The van der Waals surface area contributed by atoms with Crippen LogP contribution in [0.1, 0.15) is 27.7 Å². The summed E-state index contributed by atoms with van der Waals surface area (Å²) >= 11 is 0. The molecule has 0 aromatic heterocycles. The van der Waals surface area contributed by atoms with Gasteiger partial charge in [0.2, 0.25) is 0 Å². The number of hydrogen-bond donors (Lipinski definition) is 1. The molecule has 14 heavy (non-hydrogen) atoms. The fourth-order valence-electron chi connectivity index (χ4n) is 1.32. The van der Waals surface area contributed by atoms with Crippen LogP contribution in [0, 0.1) is 5.92 Å². The minimum Gasteiger partial charge on any atom is -0.444 e. The molecule has 1 aliphatic rings. The van der Waals surface area contributed by atoms with Gasteiger partial charge in [0.1, 0.15) is 5.60 Å². The minimum atomic E-state index is -0.406. The summed E-state index contributed by atoms with van der Waals surface area (Å²) in [5, 5.41) is 0. The zero-order valence-electron chi connectivity index (χ0n) is 9.41. The lowest BCUT2D eigenvalue weighted by Gasteiger charge is -2.41. The van der Waals surface area contributed by atoms with Crippen molar-refractivity contribution < 1.29 is 9.53 Å². The Kier molecular flexibility index (Phi) is 3.04. The fraction of sp³-hybridized carbons (Fsp3) is 0.900. The lowest BCUT2D eigenvalue weighted by Crippen LogP contribution is -2.56. The molecular formula is C10H20N2O2. The Labute approximate surface area is 85.4 Å². The van der Waals surface area contributed by atoms with Gasteiger partial charge in [-0.25, -0.2) is 4.79 Å². The molecule has 82 valence electrons. The Morgan fingerprint density at radius 2 is 2.00 bits per heavy atom. The molecule has 1 saturated heterocycles. The van der Waals surface area contributed by atoms with Crippen molar-refractivity contribution in [2.45, 2.75) is 39.3 Å². The highest BCUT2D eigenvalue weighted by Crippen LogP contribution is 2.20. The van der Waals surface area contributed by atoms with Gasteiger partial charge in [-0.1, -0.05) is 0 Å². The number of nitrogens with two attached hydrogens (primary N) is 1. The maximum absolute atomic E-state index is 11.5. The van der Waals surface area contributed by atoms with Crippen molar-refractivity contribution in [3.05, 3.63) is 0 Å². The molecule has 0 aliphatic carbocycles. The molecular weight excluding hydrogens is 180 g/mol. The van der Waals surface area contributed by atoms with Crippen LogP contribution >= 0.6 is 0 Å². The number of carbonyl (C=O) groups excluding carboxylic acids is 1. The summed E-state index contributed by atoms with van der Waals surface area (Å²) in [5.74, 6) is 0.433. The zero-order valence-corrected chi connectivity index (χ0v) is 9.41. The first-order valence-electron chi connectivity index (χ1n) is 5.03. The van der Waals surface area contributed by atoms with E-state index in [-0.39, 0.29) is 12.1 Å². The molecule has 0 aromatic carbocycles. The lowest BCUT2D eigenvalue weighted by molar-refractivity contribution is -0.00369. The Hall–Kier alpha value is -0.770. The molecule has 0 saturated carbocycles. The van der Waals surface area contributed by atoms with Crippen LogP contribution in [-0.4, -0.2) is 35.7 Å². The van der Waals surface area contributed by atoms with E-state index in [1.807, 2.05) is 27.7 Å². The van der Waals surface area contributed by atoms with Crippen LogP contribution in [0.4, 0.5) is 4.79 Å². The topological polar surface area (TPSA) is 55.6 Å². The van der Waals surface area contributed by atoms with E-state index in [2.05, 4.69) is 0 Å². The fourth-order valence-corrected chi connectivity index (χ4v) is 1.32. The van der Waals surface area contributed by atoms with E-state index < -0.39 is 5.60 Å². The van der Waals surface area contributed by atoms with Crippen LogP contribution in [0.15, 0.2) is 0 Å². The van der Waals surface area contributed by atoms with Gasteiger partial charge in [-0.2, -0.15) is 0 Å². The summed E-state index contributed by atoms with van der Waals surface area (Å²) in [7, 11) is 0. The van der Waals surface area contributed by atoms with Crippen molar-refractivity contribution in [1.82, 2.24) is 4.90 Å². The molecule has 1 fully saturated rings. The first-order chi connectivity index (χ1) is 6.29. The molecule has 0 aromatic rings. The molecule has 1 heterocycles. The first-order valence-corrected chi connectivity index (χ1v) is 5.03. The third-order valence-electron chi connectivity index (χ3n) is 2.31. The monoisotopic (exact) mass is 200 g/mol. The second-order valence-electron chi connectivity index (χ2n) is 5.00. The Balaban J connectivity index is 2.30. The summed E-state index contributed by atoms with van der Waals surface area (Å²) < 4.78 is 5.22. The van der Waals surface area contributed by atoms with E-state index in [0.29, 0.717) is 5.92 Å². The molecule has 1 atom stereocenters. The Morgan fingerprint density at radius 3 is 2.36 bits per heavy atom. The number of rotatable bonds is 1. The van der Waals surface area contributed by atoms with Crippen molar-refractivity contribution in [3.8, 4) is 0 Å². The van der Waals surface area contributed by atoms with E-state index in [0.717, 1.165) is 13.1 Å². The average Bonchev–Trinajstić information content (AvgIpc) is 1.75. The molecule has 1 unspecified atom stereocenters. The van der Waals surface area contributed by atoms with E-state index in [4.69, 9.17) is 10.5 Å². The third kappa shape index (κ3) is 2.87. The van der Waals surface area contributed by atoms with Gasteiger partial charge in [-0.15, -0.1) is 0 Å². The molecule has 0 radical (unpaired) electrons. The maximum atomic E-state index is 11.5. The zero-order chi connectivity index (χ0) is 10.9. The predicted molar refractivity (Wildman–Crippen MR) is 54.9 cm³/mol. The standard InChI is InChI=1S/C10H20N2O2/c1-7(11)8-5-12(6-8)9(13)14-10(2,3)4/h7-8H,5-6,11H2,1-4H3. The van der Waals surface area contributed by atoms with Gasteiger partial charge in [-0.3, -0.25) is 0 Å². The lowest BCUT2D eigenvalue weighted by atomic mass is 9.94. The van der Waals surface area contributed by atoms with Crippen LogP contribution in [0.5, 0.6) is 0 Å². The van der Waals surface area contributed by atoms with Crippen LogP contribution < -0.4 is 5.73 Å². The van der Waals surface area contributed by atoms with Crippen molar-refractivity contribution in [1.29, 1.82) is 0 Å². The largest absolute Gasteiger partial charge is 0.444 e. The number of amides is 1. The van der Waals surface area contributed by atoms with E-state index >= 15 is 0 Å². The molecule has 1 rings (SSSR count). The number of ether oxygens (including phenoxy) is 1.